The van der Waals surface area contributed by atoms with Gasteiger partial charge >= 0.3 is 5.97 Å². The summed E-state index contributed by atoms with van der Waals surface area (Å²) in [5.41, 5.74) is 6.10. The van der Waals surface area contributed by atoms with E-state index >= 15 is 0 Å². The molecule has 0 amide bonds. The Morgan fingerprint density at radius 2 is 2.29 bits per heavy atom. The molecule has 1 aliphatic carbocycles. The number of carbonyl (C=O) groups is 1. The number of nitrogens with two attached hydrogens (primary N) is 1. The van der Waals surface area contributed by atoms with E-state index < -0.39 is 12.0 Å². The van der Waals surface area contributed by atoms with Crippen molar-refractivity contribution in [3.63, 3.8) is 0 Å². The highest BCUT2D eigenvalue weighted by Crippen LogP contribution is 2.25. The molecule has 0 saturated heterocycles. The maximum absolute atomic E-state index is 10.6. The molecule has 1 heterocycles. The van der Waals surface area contributed by atoms with E-state index in [4.69, 9.17) is 10.8 Å². The van der Waals surface area contributed by atoms with Crippen LogP contribution in [0.1, 0.15) is 31.4 Å². The second-order valence-corrected chi connectivity index (χ2v) is 4.73. The van der Waals surface area contributed by atoms with E-state index in [1.807, 2.05) is 0 Å². The summed E-state index contributed by atoms with van der Waals surface area (Å²) in [7, 11) is 0. The van der Waals surface area contributed by atoms with Crippen molar-refractivity contribution in [1.82, 2.24) is 15.0 Å². The molecule has 1 fully saturated rings. The minimum absolute atomic E-state index is 0.236. The molecule has 17 heavy (non-hydrogen) atoms. The van der Waals surface area contributed by atoms with E-state index in [0.717, 1.165) is 6.54 Å². The van der Waals surface area contributed by atoms with Gasteiger partial charge in [-0.15, -0.1) is 5.10 Å². The van der Waals surface area contributed by atoms with Crippen LogP contribution in [-0.4, -0.2) is 32.1 Å². The largest absolute Gasteiger partial charge is 0.480 e. The normalized spacial score (nSPS) is 18.4. The van der Waals surface area contributed by atoms with Gasteiger partial charge in [-0.1, -0.05) is 18.1 Å². The second-order valence-electron chi connectivity index (χ2n) is 4.73. The molecular weight excluding hydrogens is 220 g/mol. The zero-order valence-electron chi connectivity index (χ0n) is 9.75. The summed E-state index contributed by atoms with van der Waals surface area (Å²) >= 11 is 0. The molecule has 6 nitrogen and oxygen atoms in total. The SMILES string of the molecule is NC(Cc1cn(CC2CCCC2)nn1)C(=O)O. The highest BCUT2D eigenvalue weighted by Gasteiger charge is 2.18. The summed E-state index contributed by atoms with van der Waals surface area (Å²) in [5, 5.41) is 16.7. The van der Waals surface area contributed by atoms with Gasteiger partial charge in [0.1, 0.15) is 6.04 Å². The van der Waals surface area contributed by atoms with Crippen molar-refractivity contribution >= 4 is 5.97 Å². The van der Waals surface area contributed by atoms with Crippen LogP contribution in [-0.2, 0) is 17.8 Å². The van der Waals surface area contributed by atoms with Gasteiger partial charge in [0.05, 0.1) is 5.69 Å². The molecule has 1 saturated carbocycles. The van der Waals surface area contributed by atoms with Gasteiger partial charge in [0.25, 0.3) is 0 Å². The lowest BCUT2D eigenvalue weighted by molar-refractivity contribution is -0.138. The van der Waals surface area contributed by atoms with Crippen LogP contribution in [0.15, 0.2) is 6.20 Å². The van der Waals surface area contributed by atoms with Crippen LogP contribution in [0.2, 0.25) is 0 Å². The molecule has 1 aromatic rings. The van der Waals surface area contributed by atoms with E-state index in [-0.39, 0.29) is 6.42 Å². The third kappa shape index (κ3) is 3.26. The Labute approximate surface area is 99.8 Å². The van der Waals surface area contributed by atoms with Crippen LogP contribution in [0.25, 0.3) is 0 Å². The summed E-state index contributed by atoms with van der Waals surface area (Å²) in [6.45, 7) is 0.884. The lowest BCUT2D eigenvalue weighted by Crippen LogP contribution is -2.32. The average molecular weight is 238 g/mol. The first-order chi connectivity index (χ1) is 8.15. The number of hydrogen-bond acceptors (Lipinski definition) is 4. The molecule has 0 aliphatic heterocycles. The predicted octanol–water partition coefficient (Wildman–Crippen LogP) is 0.423. The Bertz CT molecular complexity index is 385. The Hall–Kier alpha value is -1.43. The van der Waals surface area contributed by atoms with Crippen molar-refractivity contribution < 1.29 is 9.90 Å². The molecule has 0 bridgehead atoms. The fourth-order valence-electron chi connectivity index (χ4n) is 2.29. The highest BCUT2D eigenvalue weighted by atomic mass is 16.4. The average Bonchev–Trinajstić information content (AvgIpc) is 2.91. The first kappa shape index (κ1) is 12.0. The summed E-state index contributed by atoms with van der Waals surface area (Å²) in [6.07, 6.45) is 7.15. The molecule has 2 rings (SSSR count). The number of carboxylic acid groups (broad SMARTS) is 1. The molecule has 3 N–H and O–H groups in total. The second kappa shape index (κ2) is 5.27. The number of aliphatic carboxylic acids is 1. The van der Waals surface area contributed by atoms with Crippen LogP contribution in [0, 0.1) is 5.92 Å². The predicted molar refractivity (Wildman–Crippen MR) is 61.3 cm³/mol. The number of hydrogen-bond donors (Lipinski definition) is 2. The number of rotatable bonds is 5. The smallest absolute Gasteiger partial charge is 0.320 e. The number of carboxylic acids is 1. The fraction of sp³-hybridized carbons (Fsp3) is 0.727. The van der Waals surface area contributed by atoms with Crippen LogP contribution < -0.4 is 5.73 Å². The quantitative estimate of drug-likeness (QED) is 0.775. The van der Waals surface area contributed by atoms with Gasteiger partial charge in [0.2, 0.25) is 0 Å². The Kier molecular flexibility index (Phi) is 3.73. The van der Waals surface area contributed by atoms with Crippen LogP contribution in [0.4, 0.5) is 0 Å². The first-order valence-electron chi connectivity index (χ1n) is 6.02. The molecule has 0 aromatic carbocycles. The van der Waals surface area contributed by atoms with Gasteiger partial charge in [0.15, 0.2) is 0 Å². The van der Waals surface area contributed by atoms with Crippen molar-refractivity contribution in [1.29, 1.82) is 0 Å². The summed E-state index contributed by atoms with van der Waals surface area (Å²) in [4.78, 5) is 10.6. The van der Waals surface area contributed by atoms with E-state index in [1.165, 1.54) is 25.7 Å². The highest BCUT2D eigenvalue weighted by molar-refractivity contribution is 5.73. The van der Waals surface area contributed by atoms with Gasteiger partial charge in [-0.2, -0.15) is 0 Å². The summed E-state index contributed by atoms with van der Waals surface area (Å²) in [5.74, 6) is -0.312. The van der Waals surface area contributed by atoms with E-state index in [1.54, 1.807) is 10.9 Å². The summed E-state index contributed by atoms with van der Waals surface area (Å²) < 4.78 is 1.81. The lowest BCUT2D eigenvalue weighted by Gasteiger charge is -2.07. The van der Waals surface area contributed by atoms with E-state index in [2.05, 4.69) is 10.3 Å². The molecule has 1 atom stereocenters. The van der Waals surface area contributed by atoms with Crippen molar-refractivity contribution in [2.75, 3.05) is 0 Å². The van der Waals surface area contributed by atoms with Gasteiger partial charge < -0.3 is 10.8 Å². The molecule has 1 aromatic heterocycles. The molecule has 94 valence electrons. The summed E-state index contributed by atoms with van der Waals surface area (Å²) in [6, 6.07) is -0.897. The maximum atomic E-state index is 10.6. The Balaban J connectivity index is 1.88. The van der Waals surface area contributed by atoms with Crippen LogP contribution in [0.5, 0.6) is 0 Å². The first-order valence-corrected chi connectivity index (χ1v) is 6.02. The molecule has 1 unspecified atom stereocenters. The van der Waals surface area contributed by atoms with Gasteiger partial charge in [-0.3, -0.25) is 9.48 Å². The Morgan fingerprint density at radius 3 is 2.94 bits per heavy atom. The van der Waals surface area contributed by atoms with Gasteiger partial charge in [-0.05, 0) is 18.8 Å². The number of aromatic nitrogens is 3. The zero-order valence-corrected chi connectivity index (χ0v) is 9.75. The maximum Gasteiger partial charge on any atom is 0.320 e. The number of nitrogens with zero attached hydrogens (tertiary/aromatic N) is 3. The molecule has 1 aliphatic rings. The zero-order chi connectivity index (χ0) is 12.3. The van der Waals surface area contributed by atoms with Crippen LogP contribution >= 0.6 is 0 Å². The standard InChI is InChI=1S/C11H18N4O2/c12-10(11(16)17)5-9-7-15(14-13-9)6-8-3-1-2-4-8/h7-8,10H,1-6,12H2,(H,16,17). The molecule has 0 spiro atoms. The minimum atomic E-state index is -1.00. The van der Waals surface area contributed by atoms with Crippen molar-refractivity contribution in [3.05, 3.63) is 11.9 Å². The monoisotopic (exact) mass is 238 g/mol. The fourth-order valence-corrected chi connectivity index (χ4v) is 2.29. The lowest BCUT2D eigenvalue weighted by atomic mass is 10.1. The van der Waals surface area contributed by atoms with Gasteiger partial charge in [0, 0.05) is 19.2 Å². The Morgan fingerprint density at radius 1 is 1.59 bits per heavy atom. The topological polar surface area (TPSA) is 94.0 Å². The molecule has 0 radical (unpaired) electrons. The van der Waals surface area contributed by atoms with E-state index in [0.29, 0.717) is 11.6 Å². The van der Waals surface area contributed by atoms with Crippen molar-refractivity contribution in [3.8, 4) is 0 Å². The van der Waals surface area contributed by atoms with E-state index in [9.17, 15) is 4.79 Å². The molecular formula is C11H18N4O2. The van der Waals surface area contributed by atoms with Crippen molar-refractivity contribution in [2.24, 2.45) is 11.7 Å². The molecule has 6 heteroatoms. The third-order valence-corrected chi connectivity index (χ3v) is 3.25. The minimum Gasteiger partial charge on any atom is -0.480 e. The van der Waals surface area contributed by atoms with Gasteiger partial charge in [-0.25, -0.2) is 0 Å². The van der Waals surface area contributed by atoms with Crippen LogP contribution in [0.3, 0.4) is 0 Å². The third-order valence-electron chi connectivity index (χ3n) is 3.25. The van der Waals surface area contributed by atoms with Crippen molar-refractivity contribution in [2.45, 2.75) is 44.7 Å².